The van der Waals surface area contributed by atoms with E-state index >= 15 is 0 Å². The summed E-state index contributed by atoms with van der Waals surface area (Å²) in [5.74, 6) is 1.85. The number of carbonyl (C=O) groups is 1. The molecule has 5 nitrogen and oxygen atoms in total. The molecule has 0 unspecified atom stereocenters. The average Bonchev–Trinajstić information content (AvgIpc) is 2.63. The van der Waals surface area contributed by atoms with Crippen LogP contribution >= 0.6 is 0 Å². The molecule has 0 heterocycles. The van der Waals surface area contributed by atoms with Crippen LogP contribution in [-0.2, 0) is 4.79 Å². The Balaban J connectivity index is 2.01. The molecule has 0 saturated heterocycles. The second-order valence-corrected chi connectivity index (χ2v) is 6.25. The van der Waals surface area contributed by atoms with Gasteiger partial charge in [0.05, 0.1) is 20.3 Å². The van der Waals surface area contributed by atoms with E-state index in [0.29, 0.717) is 17.2 Å². The number of aryl methyl sites for hydroxylation is 2. The SMILES string of the molecule is CC[C@@H](NC(=O)COc1cc(C)cc(C)c1)c1ccc(OC)c(OC)c1. The largest absolute Gasteiger partial charge is 0.493 e. The number of carbonyl (C=O) groups excluding carboxylic acids is 1. The van der Waals surface area contributed by atoms with Gasteiger partial charge in [0.2, 0.25) is 0 Å². The van der Waals surface area contributed by atoms with Crippen molar-refractivity contribution < 1.29 is 19.0 Å². The van der Waals surface area contributed by atoms with Gasteiger partial charge in [0.15, 0.2) is 18.1 Å². The predicted octanol–water partition coefficient (Wildman–Crippen LogP) is 3.97. The van der Waals surface area contributed by atoms with Gasteiger partial charge < -0.3 is 19.5 Å². The van der Waals surface area contributed by atoms with Crippen LogP contribution in [0.5, 0.6) is 17.2 Å². The summed E-state index contributed by atoms with van der Waals surface area (Å²) >= 11 is 0. The third-order valence-electron chi connectivity index (χ3n) is 4.12. The maximum absolute atomic E-state index is 12.3. The van der Waals surface area contributed by atoms with Crippen LogP contribution in [0.3, 0.4) is 0 Å². The summed E-state index contributed by atoms with van der Waals surface area (Å²) in [5, 5.41) is 3.01. The van der Waals surface area contributed by atoms with Gasteiger partial charge in [-0.15, -0.1) is 0 Å². The topological polar surface area (TPSA) is 56.8 Å². The molecule has 1 N–H and O–H groups in total. The summed E-state index contributed by atoms with van der Waals surface area (Å²) in [7, 11) is 3.19. The highest BCUT2D eigenvalue weighted by Crippen LogP contribution is 2.30. The number of nitrogens with one attached hydrogen (secondary N) is 1. The maximum atomic E-state index is 12.3. The fourth-order valence-electron chi connectivity index (χ4n) is 2.89. The van der Waals surface area contributed by atoms with Gasteiger partial charge >= 0.3 is 0 Å². The van der Waals surface area contributed by atoms with E-state index in [4.69, 9.17) is 14.2 Å². The van der Waals surface area contributed by atoms with Gasteiger partial charge in [0.25, 0.3) is 5.91 Å². The Morgan fingerprint density at radius 3 is 2.23 bits per heavy atom. The summed E-state index contributed by atoms with van der Waals surface area (Å²) in [6.45, 7) is 6.01. The molecule has 0 aliphatic heterocycles. The van der Waals surface area contributed by atoms with Gasteiger partial charge in [-0.2, -0.15) is 0 Å². The van der Waals surface area contributed by atoms with Crippen molar-refractivity contribution in [2.45, 2.75) is 33.2 Å². The molecule has 0 radical (unpaired) electrons. The predicted molar refractivity (Wildman–Crippen MR) is 102 cm³/mol. The van der Waals surface area contributed by atoms with Gasteiger partial charge in [-0.3, -0.25) is 4.79 Å². The van der Waals surface area contributed by atoms with Crippen LogP contribution in [0.4, 0.5) is 0 Å². The summed E-state index contributed by atoms with van der Waals surface area (Å²) in [4.78, 5) is 12.3. The monoisotopic (exact) mass is 357 g/mol. The minimum absolute atomic E-state index is 0.0211. The molecule has 1 atom stereocenters. The molecule has 5 heteroatoms. The van der Waals surface area contributed by atoms with E-state index in [0.717, 1.165) is 23.1 Å². The van der Waals surface area contributed by atoms with Crippen molar-refractivity contribution in [3.63, 3.8) is 0 Å². The van der Waals surface area contributed by atoms with Crippen molar-refractivity contribution in [2.24, 2.45) is 0 Å². The first-order valence-corrected chi connectivity index (χ1v) is 8.69. The van der Waals surface area contributed by atoms with Crippen LogP contribution < -0.4 is 19.5 Å². The molecule has 0 bridgehead atoms. The lowest BCUT2D eigenvalue weighted by molar-refractivity contribution is -0.123. The van der Waals surface area contributed by atoms with E-state index in [1.54, 1.807) is 14.2 Å². The summed E-state index contributed by atoms with van der Waals surface area (Å²) in [6.07, 6.45) is 0.755. The molecule has 26 heavy (non-hydrogen) atoms. The first kappa shape index (κ1) is 19.6. The van der Waals surface area contributed by atoms with E-state index in [-0.39, 0.29) is 18.6 Å². The van der Waals surface area contributed by atoms with E-state index in [1.165, 1.54) is 0 Å². The molecular weight excluding hydrogens is 330 g/mol. The molecule has 2 aromatic carbocycles. The standard InChI is InChI=1S/C21H27NO4/c1-6-18(16-7-8-19(24-4)20(12-16)25-5)22-21(23)13-26-17-10-14(2)9-15(3)11-17/h7-12,18H,6,13H2,1-5H3,(H,22,23)/t18-/m1/s1. The minimum atomic E-state index is -0.161. The fourth-order valence-corrected chi connectivity index (χ4v) is 2.89. The first-order valence-electron chi connectivity index (χ1n) is 8.69. The highest BCUT2D eigenvalue weighted by Gasteiger charge is 2.15. The number of rotatable bonds is 8. The molecular formula is C21H27NO4. The molecule has 0 fully saturated rings. The third-order valence-corrected chi connectivity index (χ3v) is 4.12. The maximum Gasteiger partial charge on any atom is 0.258 e. The molecule has 0 saturated carbocycles. The van der Waals surface area contributed by atoms with Gasteiger partial charge in [-0.1, -0.05) is 19.1 Å². The van der Waals surface area contributed by atoms with Crippen molar-refractivity contribution in [1.29, 1.82) is 0 Å². The molecule has 0 aliphatic carbocycles. The highest BCUT2D eigenvalue weighted by atomic mass is 16.5. The Hall–Kier alpha value is -2.69. The Labute approximate surface area is 155 Å². The van der Waals surface area contributed by atoms with Crippen LogP contribution in [0.2, 0.25) is 0 Å². The van der Waals surface area contributed by atoms with Crippen molar-refractivity contribution in [3.05, 3.63) is 53.1 Å². The Bertz CT molecular complexity index is 737. The number of hydrogen-bond donors (Lipinski definition) is 1. The van der Waals surface area contributed by atoms with Crippen LogP contribution in [0.25, 0.3) is 0 Å². The molecule has 0 spiro atoms. The summed E-state index contributed by atoms with van der Waals surface area (Å²) in [6, 6.07) is 11.5. The Morgan fingerprint density at radius 1 is 1.00 bits per heavy atom. The molecule has 0 aliphatic rings. The first-order chi connectivity index (χ1) is 12.5. The Morgan fingerprint density at radius 2 is 1.65 bits per heavy atom. The van der Waals surface area contributed by atoms with Gasteiger partial charge in [0.1, 0.15) is 5.75 Å². The van der Waals surface area contributed by atoms with Gasteiger partial charge in [0, 0.05) is 0 Å². The zero-order valence-corrected chi connectivity index (χ0v) is 16.1. The number of ether oxygens (including phenoxy) is 3. The minimum Gasteiger partial charge on any atom is -0.493 e. The zero-order valence-electron chi connectivity index (χ0n) is 16.1. The highest BCUT2D eigenvalue weighted by molar-refractivity contribution is 5.78. The summed E-state index contributed by atoms with van der Waals surface area (Å²) in [5.41, 5.74) is 3.18. The molecule has 2 aromatic rings. The van der Waals surface area contributed by atoms with Crippen molar-refractivity contribution >= 4 is 5.91 Å². The van der Waals surface area contributed by atoms with Crippen LogP contribution in [0, 0.1) is 13.8 Å². The normalized spacial score (nSPS) is 11.6. The molecule has 140 valence electrons. The van der Waals surface area contributed by atoms with Gasteiger partial charge in [-0.05, 0) is 61.2 Å². The quantitative estimate of drug-likeness (QED) is 0.777. The lowest BCUT2D eigenvalue weighted by atomic mass is 10.0. The number of methoxy groups -OCH3 is 2. The van der Waals surface area contributed by atoms with E-state index in [2.05, 4.69) is 11.4 Å². The summed E-state index contributed by atoms with van der Waals surface area (Å²) < 4.78 is 16.2. The van der Waals surface area contributed by atoms with Crippen molar-refractivity contribution in [1.82, 2.24) is 5.32 Å². The fraction of sp³-hybridized carbons (Fsp3) is 0.381. The van der Waals surface area contributed by atoms with Gasteiger partial charge in [-0.25, -0.2) is 0 Å². The molecule has 1 amide bonds. The zero-order chi connectivity index (χ0) is 19.1. The molecule has 0 aromatic heterocycles. The van der Waals surface area contributed by atoms with Crippen LogP contribution in [0.15, 0.2) is 36.4 Å². The lowest BCUT2D eigenvalue weighted by Gasteiger charge is -2.19. The Kier molecular flexibility index (Phi) is 6.89. The van der Waals surface area contributed by atoms with E-state index in [9.17, 15) is 4.79 Å². The smallest absolute Gasteiger partial charge is 0.258 e. The third kappa shape index (κ3) is 5.15. The lowest BCUT2D eigenvalue weighted by Crippen LogP contribution is -2.32. The van der Waals surface area contributed by atoms with Crippen LogP contribution in [-0.4, -0.2) is 26.7 Å². The number of hydrogen-bond acceptors (Lipinski definition) is 4. The van der Waals surface area contributed by atoms with Crippen molar-refractivity contribution in [3.8, 4) is 17.2 Å². The van der Waals surface area contributed by atoms with E-state index in [1.807, 2.05) is 51.1 Å². The average molecular weight is 357 g/mol. The second-order valence-electron chi connectivity index (χ2n) is 6.25. The number of amides is 1. The number of benzene rings is 2. The molecule has 2 rings (SSSR count). The van der Waals surface area contributed by atoms with Crippen molar-refractivity contribution in [2.75, 3.05) is 20.8 Å². The van der Waals surface area contributed by atoms with E-state index < -0.39 is 0 Å². The van der Waals surface area contributed by atoms with Crippen LogP contribution in [0.1, 0.15) is 36.1 Å². The second kappa shape index (κ2) is 9.13.